The number of carbonyl (C=O) groups is 1. The number of thiophene rings is 1. The number of nitrogens with one attached hydrogen (secondary N) is 1. The van der Waals surface area contributed by atoms with Crippen molar-refractivity contribution in [2.75, 3.05) is 12.8 Å². The van der Waals surface area contributed by atoms with Crippen molar-refractivity contribution in [3.05, 3.63) is 16.0 Å². The number of carbonyl (C=O) groups excluding carboxylic acids is 1. The Balaban J connectivity index is 2.63. The lowest BCUT2D eigenvalue weighted by Crippen LogP contribution is -2.34. The third-order valence-corrected chi connectivity index (χ3v) is 5.11. The third-order valence-electron chi connectivity index (χ3n) is 3.68. The van der Waals surface area contributed by atoms with Gasteiger partial charge in [0.15, 0.2) is 0 Å². The number of fused-ring (bicyclic) bond motifs is 1. The van der Waals surface area contributed by atoms with Gasteiger partial charge in [-0.1, -0.05) is 27.7 Å². The van der Waals surface area contributed by atoms with Crippen molar-refractivity contribution in [1.82, 2.24) is 5.32 Å². The quantitative estimate of drug-likeness (QED) is 0.821. The van der Waals surface area contributed by atoms with Crippen LogP contribution in [0.5, 0.6) is 0 Å². The van der Waals surface area contributed by atoms with Gasteiger partial charge in [-0.2, -0.15) is 0 Å². The number of anilines is 1. The summed E-state index contributed by atoms with van der Waals surface area (Å²) < 4.78 is 0. The van der Waals surface area contributed by atoms with E-state index in [1.807, 2.05) is 0 Å². The SMILES string of the molecule is CNC(=O)c1c(N)sc2c1CC(C)(C)CC2(C)C. The molecule has 0 bridgehead atoms. The average molecular weight is 266 g/mol. The Morgan fingerprint density at radius 1 is 1.33 bits per heavy atom. The van der Waals surface area contributed by atoms with E-state index in [0.717, 1.165) is 18.4 Å². The van der Waals surface area contributed by atoms with Crippen molar-refractivity contribution in [2.24, 2.45) is 5.41 Å². The lowest BCUT2D eigenvalue weighted by Gasteiger charge is -2.40. The molecule has 0 saturated carbocycles. The molecule has 0 saturated heterocycles. The maximum absolute atomic E-state index is 12.0. The Bertz CT molecular complexity index is 500. The lowest BCUT2D eigenvalue weighted by molar-refractivity contribution is 0.0962. The van der Waals surface area contributed by atoms with E-state index in [2.05, 4.69) is 33.0 Å². The van der Waals surface area contributed by atoms with Gasteiger partial charge in [0.2, 0.25) is 0 Å². The van der Waals surface area contributed by atoms with Crippen molar-refractivity contribution in [3.8, 4) is 0 Å². The molecular weight excluding hydrogens is 244 g/mol. The van der Waals surface area contributed by atoms with Gasteiger partial charge in [-0.15, -0.1) is 11.3 Å². The van der Waals surface area contributed by atoms with Crippen LogP contribution in [-0.4, -0.2) is 13.0 Å². The van der Waals surface area contributed by atoms with Crippen LogP contribution in [0.4, 0.5) is 5.00 Å². The molecule has 3 N–H and O–H groups in total. The van der Waals surface area contributed by atoms with Gasteiger partial charge >= 0.3 is 0 Å². The second kappa shape index (κ2) is 3.98. The first kappa shape index (κ1) is 13.4. The molecule has 2 rings (SSSR count). The van der Waals surface area contributed by atoms with Crippen molar-refractivity contribution in [3.63, 3.8) is 0 Å². The first-order valence-corrected chi connectivity index (χ1v) is 7.13. The van der Waals surface area contributed by atoms with E-state index in [9.17, 15) is 4.79 Å². The molecule has 0 atom stereocenters. The summed E-state index contributed by atoms with van der Waals surface area (Å²) in [6, 6.07) is 0. The number of rotatable bonds is 1. The minimum atomic E-state index is -0.0569. The van der Waals surface area contributed by atoms with Crippen molar-refractivity contribution < 1.29 is 4.79 Å². The zero-order chi connectivity index (χ0) is 13.7. The van der Waals surface area contributed by atoms with Gasteiger partial charge in [0.1, 0.15) is 0 Å². The van der Waals surface area contributed by atoms with Gasteiger partial charge in [-0.05, 0) is 29.2 Å². The summed E-state index contributed by atoms with van der Waals surface area (Å²) >= 11 is 1.59. The molecule has 18 heavy (non-hydrogen) atoms. The van der Waals surface area contributed by atoms with Crippen molar-refractivity contribution in [1.29, 1.82) is 0 Å². The summed E-state index contributed by atoms with van der Waals surface area (Å²) in [5.74, 6) is -0.0569. The molecule has 0 radical (unpaired) electrons. The largest absolute Gasteiger partial charge is 0.390 e. The molecule has 4 heteroatoms. The highest BCUT2D eigenvalue weighted by atomic mass is 32.1. The van der Waals surface area contributed by atoms with E-state index in [0.29, 0.717) is 10.6 Å². The van der Waals surface area contributed by atoms with Crippen molar-refractivity contribution >= 4 is 22.2 Å². The first-order chi connectivity index (χ1) is 8.18. The van der Waals surface area contributed by atoms with Gasteiger partial charge in [0, 0.05) is 11.9 Å². The minimum Gasteiger partial charge on any atom is -0.390 e. The highest BCUT2D eigenvalue weighted by Crippen LogP contribution is 2.51. The molecule has 3 nitrogen and oxygen atoms in total. The molecule has 100 valence electrons. The number of amides is 1. The Hall–Kier alpha value is -1.03. The molecule has 1 heterocycles. The first-order valence-electron chi connectivity index (χ1n) is 6.32. The second-order valence-corrected chi connectivity index (χ2v) is 7.68. The predicted octanol–water partition coefficient (Wildman–Crippen LogP) is 2.94. The fourth-order valence-electron chi connectivity index (χ4n) is 3.39. The topological polar surface area (TPSA) is 55.1 Å². The monoisotopic (exact) mass is 266 g/mol. The Kier molecular flexibility index (Phi) is 2.97. The zero-order valence-electron chi connectivity index (χ0n) is 11.8. The Labute approximate surface area is 113 Å². The summed E-state index contributed by atoms with van der Waals surface area (Å²) in [4.78, 5) is 13.3. The van der Waals surface area contributed by atoms with Crippen LogP contribution in [-0.2, 0) is 11.8 Å². The summed E-state index contributed by atoms with van der Waals surface area (Å²) in [6.45, 7) is 9.02. The van der Waals surface area contributed by atoms with Crippen LogP contribution in [0.15, 0.2) is 0 Å². The van der Waals surface area contributed by atoms with Gasteiger partial charge in [0.05, 0.1) is 10.6 Å². The zero-order valence-corrected chi connectivity index (χ0v) is 12.6. The molecule has 0 fully saturated rings. The molecule has 1 aliphatic carbocycles. The molecule has 1 amide bonds. The van der Waals surface area contributed by atoms with Gasteiger partial charge in [0.25, 0.3) is 5.91 Å². The number of hydrogen-bond donors (Lipinski definition) is 2. The van der Waals surface area contributed by atoms with E-state index in [-0.39, 0.29) is 16.7 Å². The van der Waals surface area contributed by atoms with E-state index in [4.69, 9.17) is 5.73 Å². The van der Waals surface area contributed by atoms with Crippen LogP contribution in [0.25, 0.3) is 0 Å². The van der Waals surface area contributed by atoms with Crippen LogP contribution in [0, 0.1) is 5.41 Å². The molecule has 0 unspecified atom stereocenters. The molecule has 0 aromatic carbocycles. The number of nitrogen functional groups attached to an aromatic ring is 1. The predicted molar refractivity (Wildman–Crippen MR) is 77.2 cm³/mol. The highest BCUT2D eigenvalue weighted by molar-refractivity contribution is 7.16. The van der Waals surface area contributed by atoms with E-state index in [1.165, 1.54) is 4.88 Å². The van der Waals surface area contributed by atoms with Gasteiger partial charge in [-0.3, -0.25) is 4.79 Å². The highest BCUT2D eigenvalue weighted by Gasteiger charge is 2.41. The molecular formula is C14H22N2OS. The van der Waals surface area contributed by atoms with Crippen molar-refractivity contribution in [2.45, 2.75) is 46.0 Å². The van der Waals surface area contributed by atoms with E-state index < -0.39 is 0 Å². The van der Waals surface area contributed by atoms with Crippen LogP contribution in [0.1, 0.15) is 54.9 Å². The summed E-state index contributed by atoms with van der Waals surface area (Å²) in [5.41, 5.74) is 8.25. The molecule has 1 aromatic heterocycles. The second-order valence-electron chi connectivity index (χ2n) is 6.63. The Morgan fingerprint density at radius 2 is 1.94 bits per heavy atom. The maximum Gasteiger partial charge on any atom is 0.254 e. The number of nitrogens with two attached hydrogens (primary N) is 1. The fraction of sp³-hybridized carbons (Fsp3) is 0.643. The molecule has 0 aliphatic heterocycles. The standard InChI is InChI=1S/C14H22N2OS/c1-13(2)6-8-9(12(17)16-5)11(15)18-10(8)14(3,4)7-13/h6-7,15H2,1-5H3,(H,16,17). The van der Waals surface area contributed by atoms with Gasteiger partial charge < -0.3 is 11.1 Å². The molecule has 1 aliphatic rings. The normalized spacial score (nSPS) is 20.3. The molecule has 1 aromatic rings. The lowest BCUT2D eigenvalue weighted by atomic mass is 9.65. The Morgan fingerprint density at radius 3 is 2.50 bits per heavy atom. The fourth-order valence-corrected chi connectivity index (χ4v) is 4.58. The number of hydrogen-bond acceptors (Lipinski definition) is 3. The molecule has 0 spiro atoms. The average Bonchev–Trinajstić information content (AvgIpc) is 2.52. The van der Waals surface area contributed by atoms with Crippen LogP contribution in [0.3, 0.4) is 0 Å². The summed E-state index contributed by atoms with van der Waals surface area (Å²) in [5, 5.41) is 3.36. The van der Waals surface area contributed by atoms with Gasteiger partial charge in [-0.25, -0.2) is 0 Å². The minimum absolute atomic E-state index is 0.0569. The smallest absolute Gasteiger partial charge is 0.254 e. The maximum atomic E-state index is 12.0. The third kappa shape index (κ3) is 2.03. The van der Waals surface area contributed by atoms with E-state index in [1.54, 1.807) is 18.4 Å². The van der Waals surface area contributed by atoms with Crippen LogP contribution < -0.4 is 11.1 Å². The van der Waals surface area contributed by atoms with E-state index >= 15 is 0 Å². The van der Waals surface area contributed by atoms with Crippen LogP contribution >= 0.6 is 11.3 Å². The summed E-state index contributed by atoms with van der Waals surface area (Å²) in [6.07, 6.45) is 2.06. The van der Waals surface area contributed by atoms with Crippen LogP contribution in [0.2, 0.25) is 0 Å². The summed E-state index contributed by atoms with van der Waals surface area (Å²) in [7, 11) is 1.66.